The minimum absolute atomic E-state index is 0.254. The van der Waals surface area contributed by atoms with Gasteiger partial charge in [0.25, 0.3) is 0 Å². The van der Waals surface area contributed by atoms with Crippen LogP contribution in [0, 0.1) is 0 Å². The van der Waals surface area contributed by atoms with Crippen molar-refractivity contribution in [2.24, 2.45) is 4.99 Å². The molecule has 1 aromatic carbocycles. The number of carbonyl (C=O) groups is 1. The molecule has 0 aromatic heterocycles. The molecule has 0 fully saturated rings. The minimum Gasteiger partial charge on any atom is -0.497 e. The molecule has 22 heavy (non-hydrogen) atoms. The Hall–Kier alpha value is -2.60. The van der Waals surface area contributed by atoms with Crippen LogP contribution in [0.4, 0.5) is 0 Å². The summed E-state index contributed by atoms with van der Waals surface area (Å²) in [5, 5.41) is 6.72. The molecule has 1 aliphatic heterocycles. The number of amides is 1. The van der Waals surface area contributed by atoms with E-state index in [0.717, 1.165) is 17.0 Å². The van der Waals surface area contributed by atoms with Crippen molar-refractivity contribution in [1.82, 2.24) is 15.3 Å². The highest BCUT2D eigenvalue weighted by molar-refractivity contribution is 5.88. The number of nitrogens with zero attached hydrogens (tertiary/aromatic N) is 3. The molecule has 0 saturated heterocycles. The summed E-state index contributed by atoms with van der Waals surface area (Å²) in [6, 6.07) is 7.81. The smallest absolute Gasteiger partial charge is 0.247 e. The maximum atomic E-state index is 11.5. The molecular formula is C16H20N4O2. The Morgan fingerprint density at radius 1 is 1.45 bits per heavy atom. The molecule has 1 N–H and O–H groups in total. The first kappa shape index (κ1) is 15.8. The minimum atomic E-state index is -0.254. The Morgan fingerprint density at radius 2 is 2.14 bits per heavy atom. The van der Waals surface area contributed by atoms with Crippen LogP contribution in [0.3, 0.4) is 0 Å². The Morgan fingerprint density at radius 3 is 2.68 bits per heavy atom. The summed E-state index contributed by atoms with van der Waals surface area (Å²) in [6.07, 6.45) is 1.24. The molecule has 0 atom stereocenters. The van der Waals surface area contributed by atoms with Crippen molar-refractivity contribution >= 4 is 12.6 Å². The van der Waals surface area contributed by atoms with Crippen LogP contribution in [0.1, 0.15) is 5.56 Å². The van der Waals surface area contributed by atoms with E-state index < -0.39 is 0 Å². The number of benzene rings is 1. The number of likely N-dealkylation sites (N-methyl/N-ethyl adjacent to an activating group) is 1. The second kappa shape index (κ2) is 6.91. The fourth-order valence-electron chi connectivity index (χ4n) is 2.27. The highest BCUT2D eigenvalue weighted by Crippen LogP contribution is 2.24. The van der Waals surface area contributed by atoms with Gasteiger partial charge in [-0.05, 0) is 30.5 Å². The Labute approximate surface area is 130 Å². The lowest BCUT2D eigenvalue weighted by molar-refractivity contribution is -0.115. The summed E-state index contributed by atoms with van der Waals surface area (Å²) in [5.41, 5.74) is 1.82. The lowest BCUT2D eigenvalue weighted by atomic mass is 10.2. The van der Waals surface area contributed by atoms with Crippen LogP contribution in [0.15, 0.2) is 53.4 Å². The fraction of sp³-hybridized carbons (Fsp3) is 0.250. The number of rotatable bonds is 6. The fourth-order valence-corrected chi connectivity index (χ4v) is 2.27. The largest absolute Gasteiger partial charge is 0.497 e. The van der Waals surface area contributed by atoms with Crippen molar-refractivity contribution in [2.75, 3.05) is 20.7 Å². The van der Waals surface area contributed by atoms with Gasteiger partial charge >= 0.3 is 0 Å². The summed E-state index contributed by atoms with van der Waals surface area (Å²) in [5.74, 6) is 1.21. The van der Waals surface area contributed by atoms with Crippen LogP contribution >= 0.6 is 0 Å². The number of aliphatic imine (C=N–C) groups is 1. The van der Waals surface area contributed by atoms with E-state index in [1.54, 1.807) is 7.11 Å². The molecule has 0 unspecified atom stereocenters. The third-order valence-electron chi connectivity index (χ3n) is 3.41. The molecule has 0 saturated carbocycles. The van der Waals surface area contributed by atoms with E-state index in [1.165, 1.54) is 6.08 Å². The van der Waals surface area contributed by atoms with Crippen LogP contribution in [-0.4, -0.2) is 43.3 Å². The first-order valence-corrected chi connectivity index (χ1v) is 6.84. The van der Waals surface area contributed by atoms with Crippen LogP contribution in [0.2, 0.25) is 0 Å². The predicted octanol–water partition coefficient (Wildman–Crippen LogP) is 1.53. The van der Waals surface area contributed by atoms with Crippen molar-refractivity contribution in [3.63, 3.8) is 0 Å². The van der Waals surface area contributed by atoms with Gasteiger partial charge in [0, 0.05) is 7.05 Å². The van der Waals surface area contributed by atoms with E-state index in [9.17, 15) is 4.79 Å². The van der Waals surface area contributed by atoms with Gasteiger partial charge in [0.15, 0.2) is 5.82 Å². The van der Waals surface area contributed by atoms with Gasteiger partial charge in [-0.1, -0.05) is 18.7 Å². The second-order valence-electron chi connectivity index (χ2n) is 4.88. The maximum Gasteiger partial charge on any atom is 0.247 e. The predicted molar refractivity (Wildman–Crippen MR) is 86.1 cm³/mol. The summed E-state index contributed by atoms with van der Waals surface area (Å²) in [7, 11) is 3.57. The summed E-state index contributed by atoms with van der Waals surface area (Å²) >= 11 is 0. The summed E-state index contributed by atoms with van der Waals surface area (Å²) < 4.78 is 5.16. The summed E-state index contributed by atoms with van der Waals surface area (Å²) in [4.78, 5) is 15.6. The molecule has 1 aliphatic rings. The topological polar surface area (TPSA) is 57.2 Å². The van der Waals surface area contributed by atoms with Crippen molar-refractivity contribution < 1.29 is 9.53 Å². The van der Waals surface area contributed by atoms with Crippen LogP contribution in [0.5, 0.6) is 5.75 Å². The van der Waals surface area contributed by atoms with Gasteiger partial charge in [-0.15, -0.1) is 0 Å². The number of methoxy groups -OCH3 is 1. The van der Waals surface area contributed by atoms with Gasteiger partial charge in [-0.2, -0.15) is 0 Å². The zero-order chi connectivity index (χ0) is 16.1. The highest BCUT2D eigenvalue weighted by Gasteiger charge is 2.27. The zero-order valence-corrected chi connectivity index (χ0v) is 12.9. The Balaban J connectivity index is 2.18. The normalized spacial score (nSPS) is 14.9. The zero-order valence-electron chi connectivity index (χ0n) is 12.9. The number of hydrogen-bond acceptors (Lipinski definition) is 5. The molecule has 0 bridgehead atoms. The van der Waals surface area contributed by atoms with Gasteiger partial charge in [0.2, 0.25) is 5.91 Å². The molecule has 0 aliphatic carbocycles. The molecule has 116 valence electrons. The Bertz CT molecular complexity index is 607. The highest BCUT2D eigenvalue weighted by atomic mass is 16.5. The first-order valence-electron chi connectivity index (χ1n) is 6.84. The number of hydrazine groups is 1. The third-order valence-corrected chi connectivity index (χ3v) is 3.41. The molecule has 1 heterocycles. The van der Waals surface area contributed by atoms with Crippen LogP contribution in [-0.2, 0) is 11.3 Å². The average Bonchev–Trinajstić information content (AvgIpc) is 2.82. The number of carbonyl (C=O) groups excluding carboxylic acids is 1. The van der Waals surface area contributed by atoms with Gasteiger partial charge in [-0.3, -0.25) is 9.80 Å². The average molecular weight is 300 g/mol. The quantitative estimate of drug-likeness (QED) is 0.639. The van der Waals surface area contributed by atoms with Gasteiger partial charge in [0.05, 0.1) is 25.9 Å². The van der Waals surface area contributed by atoms with E-state index >= 15 is 0 Å². The van der Waals surface area contributed by atoms with E-state index in [-0.39, 0.29) is 5.91 Å². The molecule has 1 aromatic rings. The van der Waals surface area contributed by atoms with Crippen molar-refractivity contribution in [2.45, 2.75) is 6.54 Å². The van der Waals surface area contributed by atoms with E-state index in [0.29, 0.717) is 18.9 Å². The molecule has 2 rings (SSSR count). The van der Waals surface area contributed by atoms with E-state index in [2.05, 4.69) is 23.6 Å². The number of hydrogen-bond donors (Lipinski definition) is 1. The molecule has 6 nitrogen and oxygen atoms in total. The van der Waals surface area contributed by atoms with E-state index in [1.807, 2.05) is 41.3 Å². The van der Waals surface area contributed by atoms with Crippen molar-refractivity contribution in [1.29, 1.82) is 0 Å². The molecule has 6 heteroatoms. The third kappa shape index (κ3) is 3.35. The molecule has 0 spiro atoms. The SMILES string of the molecule is C=CC(=O)NC1=C(N=C)N(Cc2ccc(OC)cc2)N(C)C1. The van der Waals surface area contributed by atoms with Gasteiger partial charge < -0.3 is 10.1 Å². The molecular weight excluding hydrogens is 280 g/mol. The van der Waals surface area contributed by atoms with Crippen LogP contribution < -0.4 is 10.1 Å². The summed E-state index contributed by atoms with van der Waals surface area (Å²) in [6.45, 7) is 8.25. The van der Waals surface area contributed by atoms with Gasteiger partial charge in [0.1, 0.15) is 5.75 Å². The lowest BCUT2D eigenvalue weighted by Gasteiger charge is -2.27. The Kier molecular flexibility index (Phi) is 4.95. The maximum absolute atomic E-state index is 11.5. The lowest BCUT2D eigenvalue weighted by Crippen LogP contribution is -2.33. The van der Waals surface area contributed by atoms with Crippen molar-refractivity contribution in [3.05, 3.63) is 54.0 Å². The molecule has 1 amide bonds. The second-order valence-corrected chi connectivity index (χ2v) is 4.88. The molecule has 0 radical (unpaired) electrons. The monoisotopic (exact) mass is 300 g/mol. The number of ether oxygens (including phenoxy) is 1. The first-order chi connectivity index (χ1) is 10.6. The van der Waals surface area contributed by atoms with Gasteiger partial charge in [-0.25, -0.2) is 10.0 Å². The number of nitrogens with one attached hydrogen (secondary N) is 1. The van der Waals surface area contributed by atoms with Crippen LogP contribution in [0.25, 0.3) is 0 Å². The van der Waals surface area contributed by atoms with E-state index in [4.69, 9.17) is 4.74 Å². The standard InChI is InChI=1S/C16H20N4O2/c1-5-15(21)18-14-11-19(3)20(16(14)17-2)10-12-6-8-13(22-4)9-7-12/h5-9H,1-2,10-11H2,3-4H3,(H,18,21). The van der Waals surface area contributed by atoms with Crippen molar-refractivity contribution in [3.8, 4) is 5.75 Å².